The van der Waals surface area contributed by atoms with Crippen LogP contribution in [0.4, 0.5) is 4.39 Å². The van der Waals surface area contributed by atoms with Crippen molar-refractivity contribution < 1.29 is 13.9 Å². The second-order valence-corrected chi connectivity index (χ2v) is 6.74. The molecule has 1 aromatic heterocycles. The molecule has 2 aromatic rings. The van der Waals surface area contributed by atoms with Crippen molar-refractivity contribution >= 4 is 17.5 Å². The molecule has 1 amide bonds. The van der Waals surface area contributed by atoms with Crippen LogP contribution in [0.1, 0.15) is 29.8 Å². The number of nitrogens with zero attached hydrogens (tertiary/aromatic N) is 3. The van der Waals surface area contributed by atoms with E-state index in [1.54, 1.807) is 15.6 Å². The number of ether oxygens (including phenoxy) is 1. The number of benzene rings is 1. The van der Waals surface area contributed by atoms with Gasteiger partial charge in [0.15, 0.2) is 0 Å². The summed E-state index contributed by atoms with van der Waals surface area (Å²) in [7, 11) is 1.85. The molecule has 7 heteroatoms. The van der Waals surface area contributed by atoms with Crippen LogP contribution in [0.15, 0.2) is 24.3 Å². The van der Waals surface area contributed by atoms with E-state index >= 15 is 0 Å². The molecule has 5 nitrogen and oxygen atoms in total. The fourth-order valence-electron chi connectivity index (χ4n) is 3.05. The number of aryl methyl sites for hydroxylation is 2. The number of amides is 1. The van der Waals surface area contributed by atoms with Crippen molar-refractivity contribution in [3.63, 3.8) is 0 Å². The number of hydrogen-bond acceptors (Lipinski definition) is 3. The molecule has 3 rings (SSSR count). The molecular weight excluding hydrogens is 345 g/mol. The SMILES string of the molecule is Cc1cc(CN(Cc2ccc(F)cc2Cl)C(=O)[C@@H]2CCCO2)n(C)n1. The van der Waals surface area contributed by atoms with E-state index in [1.807, 2.05) is 20.0 Å². The largest absolute Gasteiger partial charge is 0.368 e. The molecule has 1 saturated heterocycles. The van der Waals surface area contributed by atoms with Crippen LogP contribution in [0.5, 0.6) is 0 Å². The Balaban J connectivity index is 1.85. The van der Waals surface area contributed by atoms with Crippen LogP contribution >= 0.6 is 11.6 Å². The minimum Gasteiger partial charge on any atom is -0.368 e. The third-order valence-corrected chi connectivity index (χ3v) is 4.70. The first kappa shape index (κ1) is 17.9. The Morgan fingerprint density at radius 1 is 1.44 bits per heavy atom. The summed E-state index contributed by atoms with van der Waals surface area (Å²) in [5, 5.41) is 4.64. The minimum absolute atomic E-state index is 0.0725. The van der Waals surface area contributed by atoms with Gasteiger partial charge in [-0.25, -0.2) is 4.39 Å². The highest BCUT2D eigenvalue weighted by atomic mass is 35.5. The molecular formula is C18H21ClFN3O2. The van der Waals surface area contributed by atoms with Gasteiger partial charge in [0, 0.05) is 25.2 Å². The lowest BCUT2D eigenvalue weighted by molar-refractivity contribution is -0.142. The van der Waals surface area contributed by atoms with Gasteiger partial charge in [0.2, 0.25) is 0 Å². The van der Waals surface area contributed by atoms with Gasteiger partial charge in [0.25, 0.3) is 5.91 Å². The lowest BCUT2D eigenvalue weighted by Gasteiger charge is -2.26. The monoisotopic (exact) mass is 365 g/mol. The molecule has 0 bridgehead atoms. The molecule has 1 fully saturated rings. The lowest BCUT2D eigenvalue weighted by atomic mass is 10.1. The summed E-state index contributed by atoms with van der Waals surface area (Å²) in [6, 6.07) is 6.17. The number of carbonyl (C=O) groups is 1. The van der Waals surface area contributed by atoms with Crippen LogP contribution in [0.3, 0.4) is 0 Å². The topological polar surface area (TPSA) is 47.4 Å². The molecule has 1 atom stereocenters. The summed E-state index contributed by atoms with van der Waals surface area (Å²) in [4.78, 5) is 14.6. The second-order valence-electron chi connectivity index (χ2n) is 6.33. The van der Waals surface area contributed by atoms with Crippen LogP contribution in [0.2, 0.25) is 5.02 Å². The average molecular weight is 366 g/mol. The molecule has 1 aliphatic rings. The summed E-state index contributed by atoms with van der Waals surface area (Å²) >= 11 is 6.15. The van der Waals surface area contributed by atoms with Crippen molar-refractivity contribution in [1.82, 2.24) is 14.7 Å². The van der Waals surface area contributed by atoms with Gasteiger partial charge in [-0.3, -0.25) is 9.48 Å². The Morgan fingerprint density at radius 3 is 2.84 bits per heavy atom. The van der Waals surface area contributed by atoms with E-state index in [1.165, 1.54) is 12.1 Å². The highest BCUT2D eigenvalue weighted by Crippen LogP contribution is 2.23. The smallest absolute Gasteiger partial charge is 0.252 e. The third-order valence-electron chi connectivity index (χ3n) is 4.34. The molecule has 0 aliphatic carbocycles. The van der Waals surface area contributed by atoms with Gasteiger partial charge in [-0.05, 0) is 43.5 Å². The van der Waals surface area contributed by atoms with E-state index in [0.717, 1.165) is 24.2 Å². The fraction of sp³-hybridized carbons (Fsp3) is 0.444. The molecule has 134 valence electrons. The van der Waals surface area contributed by atoms with E-state index in [9.17, 15) is 9.18 Å². The van der Waals surface area contributed by atoms with Gasteiger partial charge >= 0.3 is 0 Å². The molecule has 25 heavy (non-hydrogen) atoms. The Labute approximate surface area is 151 Å². The van der Waals surface area contributed by atoms with E-state index in [2.05, 4.69) is 5.10 Å². The van der Waals surface area contributed by atoms with Crippen molar-refractivity contribution in [2.24, 2.45) is 7.05 Å². The molecule has 0 saturated carbocycles. The van der Waals surface area contributed by atoms with E-state index < -0.39 is 11.9 Å². The van der Waals surface area contributed by atoms with Crippen LogP contribution in [0.25, 0.3) is 0 Å². The van der Waals surface area contributed by atoms with E-state index in [-0.39, 0.29) is 5.91 Å². The van der Waals surface area contributed by atoms with Crippen molar-refractivity contribution in [2.45, 2.75) is 39.0 Å². The van der Waals surface area contributed by atoms with Crippen molar-refractivity contribution in [3.05, 3.63) is 52.1 Å². The number of hydrogen-bond donors (Lipinski definition) is 0. The first-order valence-electron chi connectivity index (χ1n) is 8.28. The zero-order valence-corrected chi connectivity index (χ0v) is 15.1. The van der Waals surface area contributed by atoms with Gasteiger partial charge in [0.1, 0.15) is 11.9 Å². The molecule has 1 aromatic carbocycles. The molecule has 0 radical (unpaired) electrons. The highest BCUT2D eigenvalue weighted by molar-refractivity contribution is 6.31. The zero-order chi connectivity index (χ0) is 18.0. The zero-order valence-electron chi connectivity index (χ0n) is 14.3. The molecule has 0 unspecified atom stereocenters. The molecule has 0 spiro atoms. The number of halogens is 2. The summed E-state index contributed by atoms with van der Waals surface area (Å²) in [6.07, 6.45) is 1.18. The summed E-state index contributed by atoms with van der Waals surface area (Å²) < 4.78 is 20.6. The normalized spacial score (nSPS) is 17.0. The molecule has 1 aliphatic heterocycles. The average Bonchev–Trinajstić information content (AvgIpc) is 3.18. The van der Waals surface area contributed by atoms with Crippen molar-refractivity contribution in [1.29, 1.82) is 0 Å². The standard InChI is InChI=1S/C18H21ClFN3O2/c1-12-8-15(22(2)21-12)11-23(18(24)17-4-3-7-25-17)10-13-5-6-14(20)9-16(13)19/h5-6,8-9,17H,3-4,7,10-11H2,1-2H3/t17-/m0/s1. The van der Waals surface area contributed by atoms with Gasteiger partial charge in [-0.15, -0.1) is 0 Å². The van der Waals surface area contributed by atoms with E-state index in [4.69, 9.17) is 16.3 Å². The van der Waals surface area contributed by atoms with E-state index in [0.29, 0.717) is 30.3 Å². The Hall–Kier alpha value is -1.92. The molecule has 2 heterocycles. The Kier molecular flexibility index (Phi) is 5.39. The van der Waals surface area contributed by atoms with Crippen LogP contribution in [-0.2, 0) is 29.7 Å². The maximum atomic E-state index is 13.3. The summed E-state index contributed by atoms with van der Waals surface area (Å²) in [5.74, 6) is -0.468. The quantitative estimate of drug-likeness (QED) is 0.817. The second kappa shape index (κ2) is 7.54. The van der Waals surface area contributed by atoms with Crippen molar-refractivity contribution in [2.75, 3.05) is 6.61 Å². The fourth-order valence-corrected chi connectivity index (χ4v) is 3.28. The number of carbonyl (C=O) groups excluding carboxylic acids is 1. The Morgan fingerprint density at radius 2 is 2.24 bits per heavy atom. The van der Waals surface area contributed by atoms with Gasteiger partial charge < -0.3 is 9.64 Å². The van der Waals surface area contributed by atoms with Crippen molar-refractivity contribution in [3.8, 4) is 0 Å². The molecule has 0 N–H and O–H groups in total. The summed E-state index contributed by atoms with van der Waals surface area (Å²) in [5.41, 5.74) is 2.51. The number of aromatic nitrogens is 2. The predicted octanol–water partition coefficient (Wildman–Crippen LogP) is 3.23. The van der Waals surface area contributed by atoms with Gasteiger partial charge in [-0.1, -0.05) is 17.7 Å². The summed E-state index contributed by atoms with van der Waals surface area (Å²) in [6.45, 7) is 3.20. The highest BCUT2D eigenvalue weighted by Gasteiger charge is 2.29. The lowest BCUT2D eigenvalue weighted by Crippen LogP contribution is -2.38. The number of rotatable bonds is 5. The van der Waals surface area contributed by atoms with Crippen LogP contribution in [-0.4, -0.2) is 33.3 Å². The predicted molar refractivity (Wildman–Crippen MR) is 92.6 cm³/mol. The van der Waals surface area contributed by atoms with Gasteiger partial charge in [-0.2, -0.15) is 5.10 Å². The third kappa shape index (κ3) is 4.19. The first-order valence-corrected chi connectivity index (χ1v) is 8.65. The first-order chi connectivity index (χ1) is 11.9. The maximum absolute atomic E-state index is 13.3. The van der Waals surface area contributed by atoms with Gasteiger partial charge in [0.05, 0.1) is 17.9 Å². The Bertz CT molecular complexity index is 772. The van der Waals surface area contributed by atoms with Crippen LogP contribution in [0, 0.1) is 12.7 Å². The van der Waals surface area contributed by atoms with Crippen LogP contribution < -0.4 is 0 Å². The minimum atomic E-state index is -0.423. The maximum Gasteiger partial charge on any atom is 0.252 e.